The number of hydrogen-bond donors (Lipinski definition) is 0. The maximum Gasteiger partial charge on any atom is 0.226 e. The lowest BCUT2D eigenvalue weighted by Gasteiger charge is -2.36. The Morgan fingerprint density at radius 1 is 0.903 bits per heavy atom. The van der Waals surface area contributed by atoms with Crippen LogP contribution in [0.5, 0.6) is 0 Å². The molecule has 2 heterocycles. The lowest BCUT2D eigenvalue weighted by molar-refractivity contribution is -0.141. The van der Waals surface area contributed by atoms with Gasteiger partial charge >= 0.3 is 0 Å². The van der Waals surface area contributed by atoms with Crippen molar-refractivity contribution in [2.45, 2.75) is 32.2 Å². The van der Waals surface area contributed by atoms with Gasteiger partial charge in [0.15, 0.2) is 0 Å². The number of carbonyl (C=O) groups excluding carboxylic acids is 2. The third kappa shape index (κ3) is 5.24. The number of nitrogens with zero attached hydrogens (tertiary/aromatic N) is 3. The van der Waals surface area contributed by atoms with Crippen LogP contribution in [0.3, 0.4) is 0 Å². The number of hydrogen-bond acceptors (Lipinski definition) is 3. The zero-order valence-electron chi connectivity index (χ0n) is 17.9. The van der Waals surface area contributed by atoms with Gasteiger partial charge < -0.3 is 14.7 Å². The summed E-state index contributed by atoms with van der Waals surface area (Å²) in [5.74, 6) is -0.346. The van der Waals surface area contributed by atoms with Gasteiger partial charge in [-0.15, -0.1) is 0 Å². The molecule has 1 atom stereocenters. The first kappa shape index (κ1) is 21.3. The van der Waals surface area contributed by atoms with Crippen molar-refractivity contribution in [1.82, 2.24) is 9.80 Å². The molecular weight excluding hydrogens is 393 g/mol. The minimum atomic E-state index is -0.247. The van der Waals surface area contributed by atoms with Gasteiger partial charge in [-0.2, -0.15) is 0 Å². The topological polar surface area (TPSA) is 43.9 Å². The molecule has 2 amide bonds. The van der Waals surface area contributed by atoms with Crippen LogP contribution in [0.2, 0.25) is 0 Å². The molecule has 0 spiro atoms. The average molecular weight is 424 g/mol. The van der Waals surface area contributed by atoms with E-state index in [1.54, 1.807) is 12.1 Å². The highest BCUT2D eigenvalue weighted by Crippen LogP contribution is 2.25. The standard InChI is InChI=1S/C25H30FN3O2/c26-22-11-4-5-12-23(22)27-14-16-28(17-15-27)24(30)18-21-10-6-7-13-29(25(21)31)19-20-8-2-1-3-9-20/h1-5,8-9,11-12,21H,6-7,10,13-19H2. The van der Waals surface area contributed by atoms with Crippen molar-refractivity contribution in [1.29, 1.82) is 0 Å². The minimum Gasteiger partial charge on any atom is -0.366 e. The molecule has 2 aromatic rings. The number of carbonyl (C=O) groups is 2. The van der Waals surface area contributed by atoms with Gasteiger partial charge in [-0.05, 0) is 30.5 Å². The highest BCUT2D eigenvalue weighted by atomic mass is 19.1. The number of anilines is 1. The molecule has 2 saturated heterocycles. The summed E-state index contributed by atoms with van der Waals surface area (Å²) in [7, 11) is 0. The SMILES string of the molecule is O=C(CC1CCCCN(Cc2ccccc2)C1=O)N1CCN(c2ccccc2F)CC1. The fraction of sp³-hybridized carbons (Fsp3) is 0.440. The predicted molar refractivity (Wildman–Crippen MR) is 119 cm³/mol. The average Bonchev–Trinajstić information content (AvgIpc) is 2.96. The molecule has 2 aromatic carbocycles. The molecule has 31 heavy (non-hydrogen) atoms. The number of likely N-dealkylation sites (tertiary alicyclic amines) is 1. The van der Waals surface area contributed by atoms with E-state index < -0.39 is 0 Å². The van der Waals surface area contributed by atoms with Crippen LogP contribution in [0.15, 0.2) is 54.6 Å². The van der Waals surface area contributed by atoms with E-state index in [0.29, 0.717) is 38.4 Å². The Hall–Kier alpha value is -2.89. The number of piperazine rings is 1. The van der Waals surface area contributed by atoms with Crippen LogP contribution in [0.1, 0.15) is 31.2 Å². The van der Waals surface area contributed by atoms with Crippen molar-refractivity contribution in [3.8, 4) is 0 Å². The van der Waals surface area contributed by atoms with Gasteiger partial charge in [0.05, 0.1) is 5.69 Å². The molecule has 2 fully saturated rings. The first-order chi connectivity index (χ1) is 15.1. The summed E-state index contributed by atoms with van der Waals surface area (Å²) in [5, 5.41) is 0. The van der Waals surface area contributed by atoms with Crippen LogP contribution in [0, 0.1) is 11.7 Å². The second-order valence-electron chi connectivity index (χ2n) is 8.46. The third-order valence-corrected chi connectivity index (χ3v) is 6.35. The van der Waals surface area contributed by atoms with Gasteiger partial charge in [-0.3, -0.25) is 9.59 Å². The minimum absolute atomic E-state index is 0.0353. The molecule has 0 radical (unpaired) electrons. The Balaban J connectivity index is 1.33. The summed E-state index contributed by atoms with van der Waals surface area (Å²) in [6, 6.07) is 16.8. The number of benzene rings is 2. The van der Waals surface area contributed by atoms with Crippen LogP contribution in [-0.4, -0.2) is 54.3 Å². The zero-order valence-corrected chi connectivity index (χ0v) is 17.9. The Kier molecular flexibility index (Phi) is 6.85. The third-order valence-electron chi connectivity index (χ3n) is 6.35. The summed E-state index contributed by atoms with van der Waals surface area (Å²) in [4.78, 5) is 31.8. The predicted octanol–water partition coefficient (Wildman–Crippen LogP) is 3.69. The Morgan fingerprint density at radius 2 is 1.61 bits per heavy atom. The fourth-order valence-corrected chi connectivity index (χ4v) is 4.58. The zero-order chi connectivity index (χ0) is 21.6. The summed E-state index contributed by atoms with van der Waals surface area (Å²) in [6.45, 7) is 3.67. The fourth-order valence-electron chi connectivity index (χ4n) is 4.58. The van der Waals surface area contributed by atoms with Gasteiger partial charge in [0.25, 0.3) is 0 Å². The quantitative estimate of drug-likeness (QED) is 0.737. The highest BCUT2D eigenvalue weighted by Gasteiger charge is 2.31. The lowest BCUT2D eigenvalue weighted by Crippen LogP contribution is -2.49. The van der Waals surface area contributed by atoms with E-state index in [1.807, 2.05) is 51.1 Å². The van der Waals surface area contributed by atoms with Crippen molar-refractivity contribution >= 4 is 17.5 Å². The molecule has 0 N–H and O–H groups in total. The van der Waals surface area contributed by atoms with E-state index in [0.717, 1.165) is 31.4 Å². The molecule has 2 aliphatic heterocycles. The molecule has 0 aliphatic carbocycles. The number of amides is 2. The van der Waals surface area contributed by atoms with E-state index in [4.69, 9.17) is 0 Å². The molecule has 0 aromatic heterocycles. The van der Waals surface area contributed by atoms with Crippen LogP contribution in [-0.2, 0) is 16.1 Å². The first-order valence-corrected chi connectivity index (χ1v) is 11.2. The smallest absolute Gasteiger partial charge is 0.226 e. The monoisotopic (exact) mass is 423 g/mol. The van der Waals surface area contributed by atoms with E-state index in [2.05, 4.69) is 0 Å². The van der Waals surface area contributed by atoms with Crippen LogP contribution in [0.4, 0.5) is 10.1 Å². The molecule has 1 unspecified atom stereocenters. The van der Waals surface area contributed by atoms with E-state index >= 15 is 0 Å². The van der Waals surface area contributed by atoms with Crippen molar-refractivity contribution in [2.75, 3.05) is 37.6 Å². The molecule has 2 aliphatic rings. The van der Waals surface area contributed by atoms with E-state index in [1.165, 1.54) is 6.07 Å². The van der Waals surface area contributed by atoms with Crippen molar-refractivity contribution < 1.29 is 14.0 Å². The summed E-state index contributed by atoms with van der Waals surface area (Å²) < 4.78 is 14.0. The maximum absolute atomic E-state index is 14.0. The van der Waals surface area contributed by atoms with Crippen molar-refractivity contribution in [3.63, 3.8) is 0 Å². The molecule has 0 saturated carbocycles. The van der Waals surface area contributed by atoms with Gasteiger partial charge in [0.1, 0.15) is 5.82 Å². The molecule has 164 valence electrons. The molecular formula is C25H30FN3O2. The molecule has 5 nitrogen and oxygen atoms in total. The van der Waals surface area contributed by atoms with Gasteiger partial charge in [-0.1, -0.05) is 48.9 Å². The Bertz CT molecular complexity index is 897. The number of halogens is 1. The number of para-hydroxylation sites is 1. The Labute approximate surface area is 183 Å². The highest BCUT2D eigenvalue weighted by molar-refractivity contribution is 5.86. The number of rotatable bonds is 5. The lowest BCUT2D eigenvalue weighted by atomic mass is 9.97. The maximum atomic E-state index is 14.0. The molecule has 6 heteroatoms. The first-order valence-electron chi connectivity index (χ1n) is 11.2. The van der Waals surface area contributed by atoms with E-state index in [9.17, 15) is 14.0 Å². The van der Waals surface area contributed by atoms with E-state index in [-0.39, 0.29) is 30.0 Å². The largest absolute Gasteiger partial charge is 0.366 e. The van der Waals surface area contributed by atoms with Crippen LogP contribution in [0.25, 0.3) is 0 Å². The normalized spacial score (nSPS) is 20.0. The van der Waals surface area contributed by atoms with Crippen LogP contribution < -0.4 is 4.90 Å². The van der Waals surface area contributed by atoms with Crippen molar-refractivity contribution in [2.24, 2.45) is 5.92 Å². The van der Waals surface area contributed by atoms with Crippen LogP contribution >= 0.6 is 0 Å². The summed E-state index contributed by atoms with van der Waals surface area (Å²) in [5.41, 5.74) is 1.71. The summed E-state index contributed by atoms with van der Waals surface area (Å²) in [6.07, 6.45) is 2.98. The molecule has 0 bridgehead atoms. The summed E-state index contributed by atoms with van der Waals surface area (Å²) >= 11 is 0. The van der Waals surface area contributed by atoms with Gasteiger partial charge in [0, 0.05) is 51.6 Å². The van der Waals surface area contributed by atoms with Crippen molar-refractivity contribution in [3.05, 3.63) is 66.0 Å². The van der Waals surface area contributed by atoms with Gasteiger partial charge in [-0.25, -0.2) is 4.39 Å². The molecule has 4 rings (SSSR count). The van der Waals surface area contributed by atoms with Gasteiger partial charge in [0.2, 0.25) is 11.8 Å². The second kappa shape index (κ2) is 9.94. The Morgan fingerprint density at radius 3 is 2.35 bits per heavy atom. The second-order valence-corrected chi connectivity index (χ2v) is 8.46.